The lowest BCUT2D eigenvalue weighted by molar-refractivity contribution is -0.142. The van der Waals surface area contributed by atoms with Crippen LogP contribution >= 0.6 is 0 Å². The first-order valence-corrected chi connectivity index (χ1v) is 12.8. The predicted molar refractivity (Wildman–Crippen MR) is 146 cm³/mol. The van der Waals surface area contributed by atoms with E-state index in [4.69, 9.17) is 11.5 Å². The maximum absolute atomic E-state index is 13.4. The molecule has 5 atom stereocenters. The van der Waals surface area contributed by atoms with Gasteiger partial charge in [-0.3, -0.25) is 19.2 Å². The molecule has 15 nitrogen and oxygen atoms in total. The summed E-state index contributed by atoms with van der Waals surface area (Å²) in [6.45, 7) is 1.26. The second kappa shape index (κ2) is 14.0. The van der Waals surface area contributed by atoms with E-state index in [1.165, 1.54) is 19.4 Å². The molecule has 0 radical (unpaired) electrons. The van der Waals surface area contributed by atoms with E-state index in [2.05, 4.69) is 30.9 Å². The lowest BCUT2D eigenvalue weighted by atomic mass is 10.0. The number of carbonyl (C=O) groups is 5. The van der Waals surface area contributed by atoms with E-state index in [0.717, 1.165) is 10.9 Å². The minimum absolute atomic E-state index is 0.0451. The van der Waals surface area contributed by atoms with E-state index in [1.807, 2.05) is 18.2 Å². The van der Waals surface area contributed by atoms with Gasteiger partial charge in [0.25, 0.3) is 0 Å². The fourth-order valence-corrected chi connectivity index (χ4v) is 4.17. The van der Waals surface area contributed by atoms with Crippen LogP contribution in [0.1, 0.15) is 31.0 Å². The number of aliphatic hydroxyl groups excluding tert-OH is 1. The molecule has 3 aromatic rings. The highest BCUT2D eigenvalue weighted by atomic mass is 16.4. The lowest BCUT2D eigenvalue weighted by Crippen LogP contribution is -2.60. The molecule has 3 rings (SSSR count). The van der Waals surface area contributed by atoms with E-state index in [-0.39, 0.29) is 25.7 Å². The van der Waals surface area contributed by atoms with Crippen LogP contribution in [0.2, 0.25) is 0 Å². The highest BCUT2D eigenvalue weighted by Gasteiger charge is 2.33. The van der Waals surface area contributed by atoms with E-state index >= 15 is 0 Å². The van der Waals surface area contributed by atoms with Crippen molar-refractivity contribution in [2.24, 2.45) is 11.5 Å². The van der Waals surface area contributed by atoms with Gasteiger partial charge in [-0.15, -0.1) is 0 Å². The molecule has 0 aliphatic rings. The topological polar surface area (TPSA) is 258 Å². The summed E-state index contributed by atoms with van der Waals surface area (Å²) in [5, 5.41) is 28.1. The summed E-state index contributed by atoms with van der Waals surface area (Å²) < 4.78 is 0. The average molecular weight is 571 g/mol. The number of nitrogens with two attached hydrogens (primary N) is 2. The third-order valence-electron chi connectivity index (χ3n) is 6.43. The van der Waals surface area contributed by atoms with E-state index in [1.54, 1.807) is 12.3 Å². The fraction of sp³-hybridized carbons (Fsp3) is 0.385. The first-order valence-electron chi connectivity index (χ1n) is 12.8. The van der Waals surface area contributed by atoms with Crippen molar-refractivity contribution in [3.05, 3.63) is 54.2 Å². The lowest BCUT2D eigenvalue weighted by Gasteiger charge is -2.26. The minimum atomic E-state index is -1.51. The predicted octanol–water partition coefficient (Wildman–Crippen LogP) is -1.81. The summed E-state index contributed by atoms with van der Waals surface area (Å²) in [4.78, 5) is 71.9. The molecule has 0 spiro atoms. The Balaban J connectivity index is 1.82. The minimum Gasteiger partial charge on any atom is -0.480 e. The Kier molecular flexibility index (Phi) is 10.5. The van der Waals surface area contributed by atoms with Crippen LogP contribution in [0.25, 0.3) is 10.9 Å². The van der Waals surface area contributed by atoms with Crippen LogP contribution in [-0.4, -0.2) is 85.0 Å². The summed E-state index contributed by atoms with van der Waals surface area (Å²) in [7, 11) is 0. The molecule has 2 heterocycles. The third kappa shape index (κ3) is 8.61. The van der Waals surface area contributed by atoms with Crippen LogP contribution in [0.15, 0.2) is 43.0 Å². The van der Waals surface area contributed by atoms with Crippen LogP contribution in [0.3, 0.4) is 0 Å². The second-order valence-electron chi connectivity index (χ2n) is 9.64. The number of aliphatic carboxylic acids is 1. The molecule has 5 unspecified atom stereocenters. The number of fused-ring (bicyclic) bond motifs is 1. The summed E-state index contributed by atoms with van der Waals surface area (Å²) in [5.41, 5.74) is 12.8. The zero-order valence-corrected chi connectivity index (χ0v) is 22.3. The summed E-state index contributed by atoms with van der Waals surface area (Å²) in [6.07, 6.45) is 2.71. The van der Waals surface area contributed by atoms with Gasteiger partial charge in [0, 0.05) is 48.3 Å². The van der Waals surface area contributed by atoms with Crippen molar-refractivity contribution in [3.63, 3.8) is 0 Å². The molecule has 0 saturated heterocycles. The number of hydrogen-bond acceptors (Lipinski definition) is 8. The zero-order valence-electron chi connectivity index (χ0n) is 22.3. The van der Waals surface area contributed by atoms with Gasteiger partial charge < -0.3 is 47.6 Å². The molecule has 11 N–H and O–H groups in total. The van der Waals surface area contributed by atoms with Crippen molar-refractivity contribution in [3.8, 4) is 0 Å². The number of nitrogens with zero attached hydrogens (tertiary/aromatic N) is 1. The van der Waals surface area contributed by atoms with Crippen LogP contribution in [0.5, 0.6) is 0 Å². The normalized spacial score (nSPS) is 14.8. The first kappa shape index (κ1) is 30.8. The molecule has 2 aromatic heterocycles. The Labute approximate surface area is 234 Å². The van der Waals surface area contributed by atoms with Gasteiger partial charge in [0.15, 0.2) is 0 Å². The molecule has 0 bridgehead atoms. The summed E-state index contributed by atoms with van der Waals surface area (Å²) in [6, 6.07) is 1.94. The number of carboxylic acids is 1. The monoisotopic (exact) mass is 570 g/mol. The largest absolute Gasteiger partial charge is 0.480 e. The van der Waals surface area contributed by atoms with Crippen molar-refractivity contribution in [1.29, 1.82) is 0 Å². The molecule has 0 fully saturated rings. The van der Waals surface area contributed by atoms with Gasteiger partial charge in [-0.05, 0) is 25.0 Å². The van der Waals surface area contributed by atoms with Crippen molar-refractivity contribution in [2.75, 3.05) is 0 Å². The molecule has 4 amide bonds. The van der Waals surface area contributed by atoms with Crippen LogP contribution in [0.4, 0.5) is 0 Å². The molecule has 41 heavy (non-hydrogen) atoms. The quantitative estimate of drug-likeness (QED) is 0.0995. The number of aliphatic hydroxyl groups is 1. The summed E-state index contributed by atoms with van der Waals surface area (Å²) in [5.74, 6) is -4.48. The number of aromatic nitrogens is 3. The van der Waals surface area contributed by atoms with Crippen molar-refractivity contribution in [1.82, 2.24) is 30.9 Å². The van der Waals surface area contributed by atoms with E-state index in [0.29, 0.717) is 11.3 Å². The standard InChI is InChI=1S/C26H34N8O7/c1-13(35)22(34-23(37)17(27)6-7-21(28)36)25(39)32-19(8-14-10-30-18-5-3-2-4-16(14)18)24(38)33-20(26(40)41)9-15-11-29-12-31-15/h2-5,10-13,17,19-20,22,30,35H,6-9,27H2,1H3,(H2,28,36)(H,29,31)(H,32,39)(H,33,38)(H,34,37)(H,40,41). The van der Waals surface area contributed by atoms with Gasteiger partial charge in [-0.2, -0.15) is 0 Å². The number of nitrogens with one attached hydrogen (secondary N) is 5. The third-order valence-corrected chi connectivity index (χ3v) is 6.43. The highest BCUT2D eigenvalue weighted by molar-refractivity contribution is 5.95. The van der Waals surface area contributed by atoms with E-state index in [9.17, 15) is 34.2 Å². The van der Waals surface area contributed by atoms with Gasteiger partial charge in [0.1, 0.15) is 18.1 Å². The van der Waals surface area contributed by atoms with Gasteiger partial charge in [-0.1, -0.05) is 18.2 Å². The first-order chi connectivity index (χ1) is 19.5. The zero-order chi connectivity index (χ0) is 30.1. The second-order valence-corrected chi connectivity index (χ2v) is 9.64. The number of hydrogen-bond donors (Lipinski definition) is 9. The Hall–Kier alpha value is -4.76. The maximum atomic E-state index is 13.4. The Morgan fingerprint density at radius 2 is 1.68 bits per heavy atom. The SMILES string of the molecule is CC(O)C(NC(=O)C(N)CCC(N)=O)C(=O)NC(Cc1c[nH]c2ccccc12)C(=O)NC(Cc1cnc[nH]1)C(=O)O. The Bertz CT molecular complexity index is 1370. The number of imidazole rings is 1. The van der Waals surface area contributed by atoms with Gasteiger partial charge in [0.05, 0.1) is 18.5 Å². The molecule has 220 valence electrons. The number of primary amides is 1. The molecule has 0 aliphatic carbocycles. The Morgan fingerprint density at radius 1 is 0.976 bits per heavy atom. The number of H-pyrrole nitrogens is 2. The number of carboxylic acid groups (broad SMARTS) is 1. The fourth-order valence-electron chi connectivity index (χ4n) is 4.17. The summed E-state index contributed by atoms with van der Waals surface area (Å²) >= 11 is 0. The van der Waals surface area contributed by atoms with E-state index < -0.39 is 59.9 Å². The van der Waals surface area contributed by atoms with Gasteiger partial charge in [0.2, 0.25) is 23.6 Å². The smallest absolute Gasteiger partial charge is 0.326 e. The van der Waals surface area contributed by atoms with Gasteiger partial charge in [-0.25, -0.2) is 9.78 Å². The molecular weight excluding hydrogens is 536 g/mol. The molecular formula is C26H34N8O7. The number of carbonyl (C=O) groups excluding carboxylic acids is 4. The highest BCUT2D eigenvalue weighted by Crippen LogP contribution is 2.19. The Morgan fingerprint density at radius 3 is 2.32 bits per heavy atom. The van der Waals surface area contributed by atoms with Crippen molar-refractivity contribution >= 4 is 40.5 Å². The van der Waals surface area contributed by atoms with Crippen LogP contribution in [-0.2, 0) is 36.8 Å². The number of aromatic amines is 2. The van der Waals surface area contributed by atoms with Crippen molar-refractivity contribution < 1.29 is 34.2 Å². The van der Waals surface area contributed by atoms with Gasteiger partial charge >= 0.3 is 5.97 Å². The van der Waals surface area contributed by atoms with Crippen LogP contribution in [0, 0.1) is 0 Å². The average Bonchev–Trinajstić information content (AvgIpc) is 3.59. The number of rotatable bonds is 15. The number of para-hydroxylation sites is 1. The number of amides is 4. The maximum Gasteiger partial charge on any atom is 0.326 e. The van der Waals surface area contributed by atoms with Crippen molar-refractivity contribution in [2.45, 2.75) is 62.9 Å². The van der Waals surface area contributed by atoms with Crippen LogP contribution < -0.4 is 27.4 Å². The molecule has 15 heteroatoms. The number of benzene rings is 1. The molecule has 0 aliphatic heterocycles. The molecule has 1 aromatic carbocycles. The molecule has 0 saturated carbocycles.